The lowest BCUT2D eigenvalue weighted by Gasteiger charge is -2.49. The topological polar surface area (TPSA) is 58.4 Å². The summed E-state index contributed by atoms with van der Waals surface area (Å²) in [6.07, 6.45) is 4.06. The fourth-order valence-corrected chi connectivity index (χ4v) is 3.75. The van der Waals surface area contributed by atoms with E-state index >= 15 is 0 Å². The number of furan rings is 1. The van der Waals surface area contributed by atoms with Gasteiger partial charge in [-0.05, 0) is 50.9 Å². The third kappa shape index (κ3) is 2.12. The average molecular weight is 285 g/mol. The number of nitrogens with one attached hydrogen (secondary N) is 1. The number of fused-ring (bicyclic) bond motifs is 4. The van der Waals surface area contributed by atoms with Gasteiger partial charge < -0.3 is 9.73 Å². The molecule has 0 spiro atoms. The standard InChI is InChI=1S/C16H19N3O2/c1-10-15(11-4-7-19(10)8-5-11)18-16(20)14-9-12-13(21-14)3-2-6-17-12/h2-3,6,9-11,15H,4-5,7-8H2,1H3,(H,18,20)/t10-,15-/m0/s1. The molecular weight excluding hydrogens is 266 g/mol. The van der Waals surface area contributed by atoms with Crippen molar-refractivity contribution in [2.45, 2.75) is 31.8 Å². The first-order valence-electron chi connectivity index (χ1n) is 7.62. The van der Waals surface area contributed by atoms with Crippen LogP contribution < -0.4 is 5.32 Å². The molecule has 21 heavy (non-hydrogen) atoms. The lowest BCUT2D eigenvalue weighted by atomic mass is 9.79. The lowest BCUT2D eigenvalue weighted by molar-refractivity contribution is 0.0212. The summed E-state index contributed by atoms with van der Waals surface area (Å²) in [6.45, 7) is 4.52. The summed E-state index contributed by atoms with van der Waals surface area (Å²) in [4.78, 5) is 19.1. The molecule has 3 aliphatic heterocycles. The van der Waals surface area contributed by atoms with Crippen LogP contribution in [0.4, 0.5) is 0 Å². The number of carbonyl (C=O) groups is 1. The summed E-state index contributed by atoms with van der Waals surface area (Å²) in [5, 5.41) is 3.18. The highest BCUT2D eigenvalue weighted by molar-refractivity contribution is 5.95. The summed E-state index contributed by atoms with van der Waals surface area (Å²) < 4.78 is 5.60. The van der Waals surface area contributed by atoms with Gasteiger partial charge in [0.05, 0.1) is 0 Å². The van der Waals surface area contributed by atoms with Crippen LogP contribution in [0.2, 0.25) is 0 Å². The Labute approximate surface area is 123 Å². The van der Waals surface area contributed by atoms with E-state index in [1.54, 1.807) is 12.3 Å². The van der Waals surface area contributed by atoms with Crippen LogP contribution in [0, 0.1) is 5.92 Å². The maximum atomic E-state index is 12.5. The number of pyridine rings is 1. The minimum Gasteiger partial charge on any atom is -0.449 e. The molecular formula is C16H19N3O2. The maximum absolute atomic E-state index is 12.5. The van der Waals surface area contributed by atoms with Gasteiger partial charge in [0, 0.05) is 24.3 Å². The molecule has 1 N–H and O–H groups in total. The molecule has 0 radical (unpaired) electrons. The molecule has 2 aromatic rings. The van der Waals surface area contributed by atoms with Gasteiger partial charge in [0.25, 0.3) is 5.91 Å². The van der Waals surface area contributed by atoms with Crippen molar-refractivity contribution in [1.82, 2.24) is 15.2 Å². The summed E-state index contributed by atoms with van der Waals surface area (Å²) in [6, 6.07) is 5.99. The Bertz CT molecular complexity index is 638. The molecule has 110 valence electrons. The molecule has 0 aliphatic carbocycles. The molecule has 3 aliphatic rings. The van der Waals surface area contributed by atoms with E-state index in [1.807, 2.05) is 12.1 Å². The van der Waals surface area contributed by atoms with Crippen molar-refractivity contribution in [3.63, 3.8) is 0 Å². The van der Waals surface area contributed by atoms with Gasteiger partial charge in [0.1, 0.15) is 5.52 Å². The number of piperidine rings is 3. The molecule has 2 atom stereocenters. The number of hydrogen-bond donors (Lipinski definition) is 1. The second-order valence-electron chi connectivity index (χ2n) is 6.11. The van der Waals surface area contributed by atoms with E-state index in [0.717, 1.165) is 18.6 Å². The smallest absolute Gasteiger partial charge is 0.287 e. The summed E-state index contributed by atoms with van der Waals surface area (Å²) in [7, 11) is 0. The Morgan fingerprint density at radius 1 is 1.43 bits per heavy atom. The van der Waals surface area contributed by atoms with Gasteiger partial charge in [-0.3, -0.25) is 14.7 Å². The van der Waals surface area contributed by atoms with Crippen LogP contribution in [0.15, 0.2) is 28.8 Å². The van der Waals surface area contributed by atoms with E-state index in [4.69, 9.17) is 4.42 Å². The molecule has 0 aromatic carbocycles. The molecule has 5 rings (SSSR count). The van der Waals surface area contributed by atoms with Crippen molar-refractivity contribution in [2.24, 2.45) is 5.92 Å². The van der Waals surface area contributed by atoms with Gasteiger partial charge in [-0.2, -0.15) is 0 Å². The van der Waals surface area contributed by atoms with Crippen LogP contribution in [-0.4, -0.2) is 41.0 Å². The minimum atomic E-state index is -0.126. The van der Waals surface area contributed by atoms with E-state index < -0.39 is 0 Å². The van der Waals surface area contributed by atoms with Crippen LogP contribution >= 0.6 is 0 Å². The van der Waals surface area contributed by atoms with Crippen molar-refractivity contribution in [3.8, 4) is 0 Å². The maximum Gasteiger partial charge on any atom is 0.287 e. The number of hydrogen-bond acceptors (Lipinski definition) is 4. The van der Waals surface area contributed by atoms with E-state index in [2.05, 4.69) is 22.1 Å². The Morgan fingerprint density at radius 3 is 2.95 bits per heavy atom. The molecule has 2 bridgehead atoms. The average Bonchev–Trinajstić information content (AvgIpc) is 2.95. The SMILES string of the molecule is C[C@H]1[C@H](NC(=O)c2cc3ncccc3o2)C2CCN1CC2. The predicted molar refractivity (Wildman–Crippen MR) is 79.0 cm³/mol. The fraction of sp³-hybridized carbons (Fsp3) is 0.500. The van der Waals surface area contributed by atoms with Crippen molar-refractivity contribution in [1.29, 1.82) is 0 Å². The lowest BCUT2D eigenvalue weighted by Crippen LogP contribution is -2.62. The van der Waals surface area contributed by atoms with Crippen LogP contribution in [0.1, 0.15) is 30.3 Å². The highest BCUT2D eigenvalue weighted by atomic mass is 16.3. The van der Waals surface area contributed by atoms with Crippen LogP contribution in [0.25, 0.3) is 11.1 Å². The van der Waals surface area contributed by atoms with E-state index in [0.29, 0.717) is 23.3 Å². The molecule has 0 unspecified atom stereocenters. The third-order valence-corrected chi connectivity index (χ3v) is 4.99. The molecule has 5 heterocycles. The van der Waals surface area contributed by atoms with Crippen LogP contribution in [-0.2, 0) is 0 Å². The van der Waals surface area contributed by atoms with Gasteiger partial charge in [0.2, 0.25) is 0 Å². The monoisotopic (exact) mass is 285 g/mol. The van der Waals surface area contributed by atoms with Gasteiger partial charge in [-0.1, -0.05) is 0 Å². The number of rotatable bonds is 2. The molecule has 3 saturated heterocycles. The van der Waals surface area contributed by atoms with E-state index in [1.165, 1.54) is 12.8 Å². The first-order chi connectivity index (χ1) is 10.2. The van der Waals surface area contributed by atoms with Crippen molar-refractivity contribution in [2.75, 3.05) is 13.1 Å². The molecule has 2 aromatic heterocycles. The first-order valence-corrected chi connectivity index (χ1v) is 7.62. The highest BCUT2D eigenvalue weighted by Gasteiger charge is 2.40. The number of aromatic nitrogens is 1. The second-order valence-corrected chi connectivity index (χ2v) is 6.11. The second kappa shape index (κ2) is 4.84. The minimum absolute atomic E-state index is 0.126. The molecule has 0 saturated carbocycles. The van der Waals surface area contributed by atoms with Crippen molar-refractivity contribution in [3.05, 3.63) is 30.2 Å². The summed E-state index contributed by atoms with van der Waals surface area (Å²) in [5.41, 5.74) is 1.38. The summed E-state index contributed by atoms with van der Waals surface area (Å²) in [5.74, 6) is 0.822. The number of amides is 1. The van der Waals surface area contributed by atoms with Crippen molar-refractivity contribution < 1.29 is 9.21 Å². The third-order valence-electron chi connectivity index (χ3n) is 4.99. The first kappa shape index (κ1) is 12.8. The fourth-order valence-electron chi connectivity index (χ4n) is 3.75. The van der Waals surface area contributed by atoms with Gasteiger partial charge in [-0.25, -0.2) is 0 Å². The van der Waals surface area contributed by atoms with E-state index in [9.17, 15) is 4.79 Å². The van der Waals surface area contributed by atoms with E-state index in [-0.39, 0.29) is 11.9 Å². The molecule has 5 heteroatoms. The van der Waals surface area contributed by atoms with Gasteiger partial charge in [0.15, 0.2) is 11.3 Å². The number of carbonyl (C=O) groups excluding carboxylic acids is 1. The van der Waals surface area contributed by atoms with Crippen LogP contribution in [0.3, 0.4) is 0 Å². The highest BCUT2D eigenvalue weighted by Crippen LogP contribution is 2.32. The Morgan fingerprint density at radius 2 is 2.24 bits per heavy atom. The zero-order chi connectivity index (χ0) is 14.4. The predicted octanol–water partition coefficient (Wildman–Crippen LogP) is 2.04. The molecule has 5 nitrogen and oxygen atoms in total. The van der Waals surface area contributed by atoms with Gasteiger partial charge in [-0.15, -0.1) is 0 Å². The Hall–Kier alpha value is -1.88. The zero-order valence-corrected chi connectivity index (χ0v) is 12.1. The Balaban J connectivity index is 1.55. The quantitative estimate of drug-likeness (QED) is 0.917. The largest absolute Gasteiger partial charge is 0.449 e. The zero-order valence-electron chi connectivity index (χ0n) is 12.1. The molecule has 3 fully saturated rings. The number of nitrogens with zero attached hydrogens (tertiary/aromatic N) is 2. The summed E-state index contributed by atoms with van der Waals surface area (Å²) >= 11 is 0. The normalized spacial score (nSPS) is 31.5. The van der Waals surface area contributed by atoms with Gasteiger partial charge >= 0.3 is 0 Å². The van der Waals surface area contributed by atoms with Crippen molar-refractivity contribution >= 4 is 17.0 Å². The Kier molecular flexibility index (Phi) is 2.96. The van der Waals surface area contributed by atoms with Crippen LogP contribution in [0.5, 0.6) is 0 Å². The molecule has 1 amide bonds.